The van der Waals surface area contributed by atoms with E-state index in [4.69, 9.17) is 27.9 Å². The summed E-state index contributed by atoms with van der Waals surface area (Å²) < 4.78 is 5.10. The van der Waals surface area contributed by atoms with Crippen molar-refractivity contribution in [1.29, 1.82) is 0 Å². The zero-order valence-electron chi connectivity index (χ0n) is 9.56. The summed E-state index contributed by atoms with van der Waals surface area (Å²) in [4.78, 5) is 8.22. The minimum atomic E-state index is 0.534. The Morgan fingerprint density at radius 2 is 1.94 bits per heavy atom. The topological polar surface area (TPSA) is 35.0 Å². The van der Waals surface area contributed by atoms with Crippen molar-refractivity contribution in [3.63, 3.8) is 0 Å². The second-order valence-electron chi connectivity index (χ2n) is 3.44. The average molecular weight is 301 g/mol. The van der Waals surface area contributed by atoms with E-state index in [1.54, 1.807) is 19.5 Å². The Morgan fingerprint density at radius 3 is 2.56 bits per heavy atom. The number of hydrogen-bond donors (Lipinski definition) is 0. The van der Waals surface area contributed by atoms with Crippen LogP contribution in [0.2, 0.25) is 10.0 Å². The van der Waals surface area contributed by atoms with Crippen molar-refractivity contribution in [2.24, 2.45) is 0 Å². The van der Waals surface area contributed by atoms with E-state index in [0.29, 0.717) is 21.0 Å². The number of halogens is 2. The van der Waals surface area contributed by atoms with E-state index in [0.717, 1.165) is 11.3 Å². The van der Waals surface area contributed by atoms with Crippen molar-refractivity contribution in [1.82, 2.24) is 9.97 Å². The first-order valence-electron chi connectivity index (χ1n) is 5.12. The Balaban J connectivity index is 2.02. The Labute approximate surface area is 120 Å². The van der Waals surface area contributed by atoms with Crippen LogP contribution in [0.3, 0.4) is 0 Å². The molecule has 0 aliphatic rings. The molecule has 2 aromatic rings. The van der Waals surface area contributed by atoms with E-state index in [9.17, 15) is 0 Å². The molecule has 0 spiro atoms. The van der Waals surface area contributed by atoms with Crippen LogP contribution in [-0.4, -0.2) is 17.1 Å². The molecule has 6 heteroatoms. The summed E-state index contributed by atoms with van der Waals surface area (Å²) in [6.07, 6.45) is 3.16. The van der Waals surface area contributed by atoms with Gasteiger partial charge in [0.15, 0.2) is 5.16 Å². The second-order valence-corrected chi connectivity index (χ2v) is 5.23. The summed E-state index contributed by atoms with van der Waals surface area (Å²) in [5.74, 6) is 1.42. The van der Waals surface area contributed by atoms with E-state index in [1.165, 1.54) is 11.8 Å². The van der Waals surface area contributed by atoms with Crippen LogP contribution in [-0.2, 0) is 5.75 Å². The Hall–Kier alpha value is -0.970. The highest BCUT2D eigenvalue weighted by Crippen LogP contribution is 2.27. The van der Waals surface area contributed by atoms with Gasteiger partial charge in [-0.2, -0.15) is 0 Å². The van der Waals surface area contributed by atoms with Gasteiger partial charge in [0.2, 0.25) is 0 Å². The predicted molar refractivity (Wildman–Crippen MR) is 74.6 cm³/mol. The van der Waals surface area contributed by atoms with Gasteiger partial charge in [0.25, 0.3) is 0 Å². The normalized spacial score (nSPS) is 10.4. The fourth-order valence-corrected chi connectivity index (χ4v) is 2.43. The van der Waals surface area contributed by atoms with Gasteiger partial charge in [-0.15, -0.1) is 0 Å². The Bertz CT molecular complexity index is 534. The minimum Gasteiger partial charge on any atom is -0.495 e. The Morgan fingerprint density at radius 1 is 1.22 bits per heavy atom. The van der Waals surface area contributed by atoms with Crippen LogP contribution >= 0.6 is 35.0 Å². The van der Waals surface area contributed by atoms with E-state index >= 15 is 0 Å². The first-order chi connectivity index (χ1) is 8.69. The standard InChI is InChI=1S/C12H10Cl2N2OS/c1-17-11-3-2-8(4-10(11)14)7-18-12-15-5-9(13)6-16-12/h2-6H,7H2,1H3. The third-order valence-corrected chi connectivity index (χ3v) is 3.62. The maximum absolute atomic E-state index is 6.05. The molecular formula is C12H10Cl2N2OS. The molecule has 0 saturated heterocycles. The van der Waals surface area contributed by atoms with Crippen molar-refractivity contribution in [3.05, 3.63) is 46.2 Å². The van der Waals surface area contributed by atoms with Crippen LogP contribution in [0.1, 0.15) is 5.56 Å². The van der Waals surface area contributed by atoms with Gasteiger partial charge >= 0.3 is 0 Å². The van der Waals surface area contributed by atoms with Crippen molar-refractivity contribution in [3.8, 4) is 5.75 Å². The predicted octanol–water partition coefficient (Wildman–Crippen LogP) is 4.08. The van der Waals surface area contributed by atoms with Gasteiger partial charge in [-0.3, -0.25) is 0 Å². The zero-order chi connectivity index (χ0) is 13.0. The van der Waals surface area contributed by atoms with Crippen molar-refractivity contribution >= 4 is 35.0 Å². The molecule has 0 bridgehead atoms. The van der Waals surface area contributed by atoms with Crippen LogP contribution in [0.25, 0.3) is 0 Å². The van der Waals surface area contributed by atoms with Gasteiger partial charge in [-0.1, -0.05) is 41.0 Å². The molecule has 0 aliphatic carbocycles. The highest BCUT2D eigenvalue weighted by molar-refractivity contribution is 7.98. The van der Waals surface area contributed by atoms with Gasteiger partial charge in [-0.25, -0.2) is 9.97 Å². The van der Waals surface area contributed by atoms with E-state index in [2.05, 4.69) is 9.97 Å². The van der Waals surface area contributed by atoms with E-state index in [-0.39, 0.29) is 0 Å². The zero-order valence-corrected chi connectivity index (χ0v) is 11.9. The average Bonchev–Trinajstić information content (AvgIpc) is 2.38. The number of hydrogen-bond acceptors (Lipinski definition) is 4. The molecule has 0 atom stereocenters. The molecule has 0 fully saturated rings. The summed E-state index contributed by atoms with van der Waals surface area (Å²) >= 11 is 13.3. The third-order valence-electron chi connectivity index (χ3n) is 2.18. The van der Waals surface area contributed by atoms with Crippen LogP contribution in [0, 0.1) is 0 Å². The van der Waals surface area contributed by atoms with Gasteiger partial charge < -0.3 is 4.74 Å². The van der Waals surface area contributed by atoms with Gasteiger partial charge in [0.05, 0.1) is 29.5 Å². The molecule has 0 unspecified atom stereocenters. The molecule has 0 N–H and O–H groups in total. The first kappa shape index (κ1) is 13.5. The molecule has 1 aromatic heterocycles. The molecule has 0 amide bonds. The molecule has 94 valence electrons. The molecule has 1 aromatic carbocycles. The lowest BCUT2D eigenvalue weighted by Crippen LogP contribution is -1.88. The number of rotatable bonds is 4. The van der Waals surface area contributed by atoms with Crippen LogP contribution in [0.4, 0.5) is 0 Å². The summed E-state index contributed by atoms with van der Waals surface area (Å²) in [6.45, 7) is 0. The number of aromatic nitrogens is 2. The summed E-state index contributed by atoms with van der Waals surface area (Å²) in [5, 5.41) is 1.82. The van der Waals surface area contributed by atoms with E-state index in [1.807, 2.05) is 18.2 Å². The fourth-order valence-electron chi connectivity index (χ4n) is 1.32. The number of nitrogens with zero attached hydrogens (tertiary/aromatic N) is 2. The lowest BCUT2D eigenvalue weighted by molar-refractivity contribution is 0.415. The second kappa shape index (κ2) is 6.27. The minimum absolute atomic E-state index is 0.534. The number of ether oxygens (including phenoxy) is 1. The first-order valence-corrected chi connectivity index (χ1v) is 6.86. The number of thioether (sulfide) groups is 1. The summed E-state index contributed by atoms with van der Waals surface area (Å²) in [5.41, 5.74) is 1.09. The quantitative estimate of drug-likeness (QED) is 0.629. The highest BCUT2D eigenvalue weighted by atomic mass is 35.5. The smallest absolute Gasteiger partial charge is 0.187 e. The molecule has 0 saturated carbocycles. The maximum atomic E-state index is 6.05. The van der Waals surface area contributed by atoms with Gasteiger partial charge in [-0.05, 0) is 17.7 Å². The molecule has 0 aliphatic heterocycles. The van der Waals surface area contributed by atoms with Crippen LogP contribution in [0.15, 0.2) is 35.7 Å². The van der Waals surface area contributed by atoms with Gasteiger partial charge in [0, 0.05) is 5.75 Å². The maximum Gasteiger partial charge on any atom is 0.187 e. The molecule has 1 heterocycles. The van der Waals surface area contributed by atoms with Crippen LogP contribution in [0.5, 0.6) is 5.75 Å². The highest BCUT2D eigenvalue weighted by Gasteiger charge is 2.03. The molecule has 0 radical (unpaired) electrons. The van der Waals surface area contributed by atoms with Crippen molar-refractivity contribution in [2.75, 3.05) is 7.11 Å². The molecule has 3 nitrogen and oxygen atoms in total. The Kier molecular flexibility index (Phi) is 4.69. The summed E-state index contributed by atoms with van der Waals surface area (Å²) in [7, 11) is 1.59. The number of benzene rings is 1. The number of methoxy groups -OCH3 is 1. The fraction of sp³-hybridized carbons (Fsp3) is 0.167. The van der Waals surface area contributed by atoms with Crippen molar-refractivity contribution < 1.29 is 4.74 Å². The largest absolute Gasteiger partial charge is 0.495 e. The van der Waals surface area contributed by atoms with E-state index < -0.39 is 0 Å². The third kappa shape index (κ3) is 3.51. The molecule has 18 heavy (non-hydrogen) atoms. The lowest BCUT2D eigenvalue weighted by Gasteiger charge is -2.05. The SMILES string of the molecule is COc1ccc(CSc2ncc(Cl)cn2)cc1Cl. The van der Waals surface area contributed by atoms with Crippen LogP contribution < -0.4 is 4.74 Å². The molecule has 2 rings (SSSR count). The monoisotopic (exact) mass is 300 g/mol. The molecular weight excluding hydrogens is 291 g/mol. The lowest BCUT2D eigenvalue weighted by atomic mass is 10.2. The van der Waals surface area contributed by atoms with Crippen molar-refractivity contribution in [2.45, 2.75) is 10.9 Å². The van der Waals surface area contributed by atoms with Gasteiger partial charge in [0.1, 0.15) is 5.75 Å². The summed E-state index contributed by atoms with van der Waals surface area (Å²) in [6, 6.07) is 5.69.